The molecule has 0 spiro atoms. The van der Waals surface area contributed by atoms with Crippen LogP contribution in [0.15, 0.2) is 36.4 Å². The van der Waals surface area contributed by atoms with E-state index >= 15 is 0 Å². The lowest BCUT2D eigenvalue weighted by Gasteiger charge is -2.15. The van der Waals surface area contributed by atoms with E-state index in [1.54, 1.807) is 30.0 Å². The number of tetrazole rings is 1. The second kappa shape index (κ2) is 8.08. The molecule has 8 nitrogen and oxygen atoms in total. The first kappa shape index (κ1) is 19.3. The molecule has 0 radical (unpaired) electrons. The fourth-order valence-corrected chi connectivity index (χ4v) is 2.73. The normalized spacial score (nSPS) is 10.8. The minimum absolute atomic E-state index is 0.00860. The molecule has 146 valence electrons. The molecule has 0 saturated carbocycles. The first-order chi connectivity index (χ1) is 13.4. The van der Waals surface area contributed by atoms with E-state index in [1.807, 2.05) is 45.9 Å². The van der Waals surface area contributed by atoms with Crippen LogP contribution in [-0.2, 0) is 0 Å². The molecule has 0 saturated heterocycles. The number of hydrogen-bond donors (Lipinski definition) is 1. The van der Waals surface area contributed by atoms with Gasteiger partial charge in [-0.15, -0.1) is 5.10 Å². The summed E-state index contributed by atoms with van der Waals surface area (Å²) in [6, 6.07) is 10.7. The van der Waals surface area contributed by atoms with Crippen LogP contribution in [0.2, 0.25) is 0 Å². The third-order valence-electron chi connectivity index (χ3n) is 4.11. The zero-order valence-electron chi connectivity index (χ0n) is 16.6. The Bertz CT molecular complexity index is 997. The summed E-state index contributed by atoms with van der Waals surface area (Å²) in [5.41, 5.74) is 2.90. The van der Waals surface area contributed by atoms with Crippen molar-refractivity contribution in [2.45, 2.75) is 33.8 Å². The third kappa shape index (κ3) is 4.11. The van der Waals surface area contributed by atoms with Gasteiger partial charge in [0.05, 0.1) is 18.9 Å². The quantitative estimate of drug-likeness (QED) is 0.704. The number of methoxy groups -OCH3 is 1. The second-order valence-electron chi connectivity index (χ2n) is 6.63. The van der Waals surface area contributed by atoms with Crippen molar-refractivity contribution in [3.05, 3.63) is 53.3 Å². The zero-order valence-corrected chi connectivity index (χ0v) is 16.6. The number of carbonyl (C=O) groups excluding carboxylic acids is 1. The van der Waals surface area contributed by atoms with E-state index in [1.165, 1.54) is 0 Å². The van der Waals surface area contributed by atoms with E-state index in [0.717, 1.165) is 11.3 Å². The van der Waals surface area contributed by atoms with Crippen molar-refractivity contribution in [2.75, 3.05) is 12.4 Å². The minimum atomic E-state index is -0.252. The molecule has 1 N–H and O–H groups in total. The van der Waals surface area contributed by atoms with E-state index in [9.17, 15) is 4.79 Å². The lowest BCUT2D eigenvalue weighted by Crippen LogP contribution is -2.13. The van der Waals surface area contributed by atoms with Crippen LogP contribution in [0, 0.1) is 13.8 Å². The maximum atomic E-state index is 12.7. The lowest BCUT2D eigenvalue weighted by molar-refractivity contribution is 0.102. The fraction of sp³-hybridized carbons (Fsp3) is 0.300. The molecule has 1 heterocycles. The van der Waals surface area contributed by atoms with Crippen molar-refractivity contribution >= 4 is 11.6 Å². The van der Waals surface area contributed by atoms with Gasteiger partial charge >= 0.3 is 0 Å². The number of aryl methyl sites for hydroxylation is 2. The van der Waals surface area contributed by atoms with Gasteiger partial charge in [-0.25, -0.2) is 0 Å². The monoisotopic (exact) mass is 381 g/mol. The Morgan fingerprint density at radius 3 is 2.54 bits per heavy atom. The van der Waals surface area contributed by atoms with Gasteiger partial charge in [0.2, 0.25) is 0 Å². The lowest BCUT2D eigenvalue weighted by atomic mass is 10.1. The molecule has 2 aromatic carbocycles. The van der Waals surface area contributed by atoms with Gasteiger partial charge < -0.3 is 14.8 Å². The summed E-state index contributed by atoms with van der Waals surface area (Å²) in [7, 11) is 1.55. The van der Waals surface area contributed by atoms with Crippen LogP contribution in [0.25, 0.3) is 5.69 Å². The van der Waals surface area contributed by atoms with Gasteiger partial charge in [0.1, 0.15) is 0 Å². The summed E-state index contributed by atoms with van der Waals surface area (Å²) >= 11 is 0. The number of nitrogens with zero attached hydrogens (tertiary/aromatic N) is 4. The maximum Gasteiger partial charge on any atom is 0.255 e. The van der Waals surface area contributed by atoms with Gasteiger partial charge in [0.15, 0.2) is 17.3 Å². The predicted molar refractivity (Wildman–Crippen MR) is 105 cm³/mol. The highest BCUT2D eigenvalue weighted by Crippen LogP contribution is 2.29. The van der Waals surface area contributed by atoms with E-state index in [-0.39, 0.29) is 12.0 Å². The summed E-state index contributed by atoms with van der Waals surface area (Å²) in [5, 5.41) is 14.5. The van der Waals surface area contributed by atoms with Crippen LogP contribution in [-0.4, -0.2) is 39.3 Å². The average molecular weight is 381 g/mol. The van der Waals surface area contributed by atoms with Crippen LogP contribution in [0.3, 0.4) is 0 Å². The highest BCUT2D eigenvalue weighted by molar-refractivity contribution is 6.04. The number of nitrogens with one attached hydrogen (secondary N) is 1. The van der Waals surface area contributed by atoms with Crippen molar-refractivity contribution in [2.24, 2.45) is 0 Å². The molecule has 8 heteroatoms. The van der Waals surface area contributed by atoms with Crippen molar-refractivity contribution in [1.82, 2.24) is 20.2 Å². The van der Waals surface area contributed by atoms with Crippen LogP contribution in [0.1, 0.15) is 35.6 Å². The molecule has 1 aromatic heterocycles. The molecule has 3 aromatic rings. The average Bonchev–Trinajstić information content (AvgIpc) is 3.08. The molecule has 1 amide bonds. The smallest absolute Gasteiger partial charge is 0.255 e. The van der Waals surface area contributed by atoms with Gasteiger partial charge in [0, 0.05) is 11.3 Å². The fourth-order valence-electron chi connectivity index (χ4n) is 2.73. The number of hydrogen-bond acceptors (Lipinski definition) is 6. The second-order valence-corrected chi connectivity index (χ2v) is 6.63. The van der Waals surface area contributed by atoms with E-state index in [0.29, 0.717) is 28.6 Å². The Kier molecular flexibility index (Phi) is 5.58. The molecule has 0 atom stereocenters. The molecule has 0 fully saturated rings. The van der Waals surface area contributed by atoms with Gasteiger partial charge in [-0.2, -0.15) is 4.68 Å². The number of anilines is 1. The van der Waals surface area contributed by atoms with Gasteiger partial charge in [-0.1, -0.05) is 6.07 Å². The first-order valence-electron chi connectivity index (χ1n) is 8.91. The molecule has 0 aliphatic carbocycles. The van der Waals surface area contributed by atoms with Gasteiger partial charge in [-0.3, -0.25) is 4.79 Å². The zero-order chi connectivity index (χ0) is 20.3. The van der Waals surface area contributed by atoms with Crippen LogP contribution in [0.5, 0.6) is 11.5 Å². The van der Waals surface area contributed by atoms with E-state index in [4.69, 9.17) is 9.47 Å². The molecular weight excluding hydrogens is 358 g/mol. The highest BCUT2D eigenvalue weighted by atomic mass is 16.5. The molecule has 28 heavy (non-hydrogen) atoms. The number of benzene rings is 2. The number of aromatic nitrogens is 4. The minimum Gasteiger partial charge on any atom is -0.493 e. The highest BCUT2D eigenvalue weighted by Gasteiger charge is 2.14. The molecule has 3 rings (SSSR count). The largest absolute Gasteiger partial charge is 0.493 e. The number of ether oxygens (including phenoxy) is 2. The summed E-state index contributed by atoms with van der Waals surface area (Å²) in [6.07, 6.45) is 0.00860. The number of rotatable bonds is 6. The first-order valence-corrected chi connectivity index (χ1v) is 8.91. The van der Waals surface area contributed by atoms with E-state index in [2.05, 4.69) is 20.8 Å². The molecule has 0 aliphatic heterocycles. The standard InChI is InChI=1S/C20H23N5O3/c1-12(2)28-18-9-7-15(10-19(18)27-5)20(26)21-16-8-6-13(3)17(11-16)25-14(4)22-23-24-25/h6-12H,1-5H3,(H,21,26). The Morgan fingerprint density at radius 1 is 1.11 bits per heavy atom. The van der Waals surface area contributed by atoms with Crippen molar-refractivity contribution in [3.63, 3.8) is 0 Å². The number of amides is 1. The summed E-state index contributed by atoms with van der Waals surface area (Å²) in [6.45, 7) is 7.64. The number of carbonyl (C=O) groups is 1. The van der Waals surface area contributed by atoms with Crippen molar-refractivity contribution in [1.29, 1.82) is 0 Å². The third-order valence-corrected chi connectivity index (χ3v) is 4.11. The molecule has 0 aliphatic rings. The predicted octanol–water partition coefficient (Wildman–Crippen LogP) is 3.33. The van der Waals surface area contributed by atoms with Gasteiger partial charge in [0.25, 0.3) is 5.91 Å². The molecule has 0 unspecified atom stereocenters. The van der Waals surface area contributed by atoms with Crippen LogP contribution >= 0.6 is 0 Å². The Hall–Kier alpha value is -3.42. The van der Waals surface area contributed by atoms with Gasteiger partial charge in [-0.05, 0) is 74.0 Å². The topological polar surface area (TPSA) is 91.2 Å². The molecule has 0 bridgehead atoms. The van der Waals surface area contributed by atoms with Crippen LogP contribution < -0.4 is 14.8 Å². The van der Waals surface area contributed by atoms with Crippen molar-refractivity contribution in [3.8, 4) is 17.2 Å². The molecular formula is C20H23N5O3. The Morgan fingerprint density at radius 2 is 1.89 bits per heavy atom. The summed E-state index contributed by atoms with van der Waals surface area (Å²) in [4.78, 5) is 12.7. The maximum absolute atomic E-state index is 12.7. The summed E-state index contributed by atoms with van der Waals surface area (Å²) in [5.74, 6) is 1.52. The summed E-state index contributed by atoms with van der Waals surface area (Å²) < 4.78 is 12.7. The van der Waals surface area contributed by atoms with Crippen molar-refractivity contribution < 1.29 is 14.3 Å². The SMILES string of the molecule is COc1cc(C(=O)Nc2ccc(C)c(-n3nnnc3C)c2)ccc1OC(C)C. The van der Waals surface area contributed by atoms with Crippen LogP contribution in [0.4, 0.5) is 5.69 Å². The Labute approximate surface area is 163 Å². The Balaban J connectivity index is 1.84. The van der Waals surface area contributed by atoms with E-state index < -0.39 is 0 Å².